The Labute approximate surface area is 161 Å². The van der Waals surface area contributed by atoms with E-state index in [4.69, 9.17) is 0 Å². The summed E-state index contributed by atoms with van der Waals surface area (Å²) in [4.78, 5) is 29.0. The molecule has 1 aliphatic rings. The van der Waals surface area contributed by atoms with Gasteiger partial charge in [0, 0.05) is 37.3 Å². The van der Waals surface area contributed by atoms with Crippen LogP contribution in [0.3, 0.4) is 0 Å². The number of fused-ring (bicyclic) bond motifs is 1. The largest absolute Gasteiger partial charge is 0.312 e. The highest BCUT2D eigenvalue weighted by molar-refractivity contribution is 5.98. The van der Waals surface area contributed by atoms with Gasteiger partial charge in [0.1, 0.15) is 0 Å². The van der Waals surface area contributed by atoms with Crippen LogP contribution in [0.2, 0.25) is 0 Å². The smallest absolute Gasteiger partial charge is 0.229 e. The molecule has 2 amide bonds. The first-order chi connectivity index (χ1) is 12.8. The van der Waals surface area contributed by atoms with Gasteiger partial charge >= 0.3 is 0 Å². The summed E-state index contributed by atoms with van der Waals surface area (Å²) in [5.41, 5.74) is 6.45. The maximum Gasteiger partial charge on any atom is 0.229 e. The van der Waals surface area contributed by atoms with Crippen molar-refractivity contribution in [1.29, 1.82) is 0 Å². The van der Waals surface area contributed by atoms with Crippen molar-refractivity contribution in [2.75, 3.05) is 16.3 Å². The van der Waals surface area contributed by atoms with Crippen LogP contribution in [-0.4, -0.2) is 24.4 Å². The second-order valence-electron chi connectivity index (χ2n) is 7.61. The van der Waals surface area contributed by atoms with E-state index in [0.29, 0.717) is 13.0 Å². The highest BCUT2D eigenvalue weighted by Crippen LogP contribution is 2.33. The molecule has 0 radical (unpaired) electrons. The minimum atomic E-state index is -0.0345. The van der Waals surface area contributed by atoms with Crippen LogP contribution in [-0.2, 0) is 16.0 Å². The Balaban J connectivity index is 1.80. The third-order valence-corrected chi connectivity index (χ3v) is 5.31. The molecule has 0 fully saturated rings. The molecule has 0 bridgehead atoms. The van der Waals surface area contributed by atoms with Crippen LogP contribution in [0.1, 0.15) is 42.5 Å². The Bertz CT molecular complexity index is 865. The van der Waals surface area contributed by atoms with Crippen molar-refractivity contribution in [2.24, 2.45) is 0 Å². The number of aryl methyl sites for hydroxylation is 3. The first kappa shape index (κ1) is 19.2. The molecule has 4 heteroatoms. The summed E-state index contributed by atoms with van der Waals surface area (Å²) in [5.74, 6) is 0.0360. The Hall–Kier alpha value is -2.62. The van der Waals surface area contributed by atoms with Crippen LogP contribution in [0.4, 0.5) is 11.4 Å². The summed E-state index contributed by atoms with van der Waals surface area (Å²) >= 11 is 0. The summed E-state index contributed by atoms with van der Waals surface area (Å²) < 4.78 is 0. The molecule has 0 spiro atoms. The van der Waals surface area contributed by atoms with Gasteiger partial charge in [-0.05, 0) is 56.9 Å². The lowest BCUT2D eigenvalue weighted by Gasteiger charge is -2.28. The third kappa shape index (κ3) is 3.75. The number of amides is 2. The van der Waals surface area contributed by atoms with Crippen LogP contribution < -0.4 is 9.80 Å². The van der Waals surface area contributed by atoms with Crippen molar-refractivity contribution in [1.82, 2.24) is 0 Å². The van der Waals surface area contributed by atoms with Gasteiger partial charge in [0.05, 0.1) is 0 Å². The second kappa shape index (κ2) is 7.55. The van der Waals surface area contributed by atoms with Gasteiger partial charge in [0.15, 0.2) is 0 Å². The summed E-state index contributed by atoms with van der Waals surface area (Å²) in [6.45, 7) is 10.1. The van der Waals surface area contributed by atoms with E-state index in [-0.39, 0.29) is 17.9 Å². The number of carbonyl (C=O) groups is 2. The standard InChI is InChI=1S/C23H28N2O2/c1-15-12-16(2)23(17(3)13-15)24(19(5)26)11-10-22(27)25-18(4)14-20-8-6-7-9-21(20)25/h6-9,12-13,18H,10-11,14H2,1-5H3. The lowest BCUT2D eigenvalue weighted by Crippen LogP contribution is -2.39. The fourth-order valence-corrected chi connectivity index (χ4v) is 4.30. The number of anilines is 2. The molecule has 0 aromatic heterocycles. The van der Waals surface area contributed by atoms with Gasteiger partial charge in [-0.3, -0.25) is 9.59 Å². The Morgan fingerprint density at radius 3 is 2.37 bits per heavy atom. The van der Waals surface area contributed by atoms with Crippen LogP contribution in [0.25, 0.3) is 0 Å². The molecule has 142 valence electrons. The minimum absolute atomic E-state index is 0.0345. The van der Waals surface area contributed by atoms with Crippen molar-refractivity contribution in [3.63, 3.8) is 0 Å². The monoisotopic (exact) mass is 364 g/mol. The average Bonchev–Trinajstić information content (AvgIpc) is 2.92. The van der Waals surface area contributed by atoms with Gasteiger partial charge in [-0.2, -0.15) is 0 Å². The molecule has 0 aliphatic carbocycles. The number of nitrogens with zero attached hydrogens (tertiary/aromatic N) is 2. The predicted molar refractivity (Wildman–Crippen MR) is 110 cm³/mol. The van der Waals surface area contributed by atoms with Gasteiger partial charge in [-0.15, -0.1) is 0 Å². The molecule has 1 heterocycles. The SMILES string of the molecule is CC(=O)N(CCC(=O)N1c2ccccc2CC1C)c1c(C)cc(C)cc1C. The Morgan fingerprint density at radius 2 is 1.74 bits per heavy atom. The molecule has 2 aromatic rings. The molecular formula is C23H28N2O2. The summed E-state index contributed by atoms with van der Waals surface area (Å²) in [5, 5.41) is 0. The van der Waals surface area contributed by atoms with Crippen LogP contribution in [0.15, 0.2) is 36.4 Å². The quantitative estimate of drug-likeness (QED) is 0.810. The van der Waals surface area contributed by atoms with Crippen molar-refractivity contribution in [3.8, 4) is 0 Å². The van der Waals surface area contributed by atoms with Crippen LogP contribution in [0.5, 0.6) is 0 Å². The zero-order valence-corrected chi connectivity index (χ0v) is 16.9. The number of hydrogen-bond donors (Lipinski definition) is 0. The third-order valence-electron chi connectivity index (χ3n) is 5.31. The van der Waals surface area contributed by atoms with Crippen molar-refractivity contribution in [2.45, 2.75) is 53.5 Å². The number of benzene rings is 2. The molecule has 1 unspecified atom stereocenters. The molecule has 1 aliphatic heterocycles. The molecule has 0 N–H and O–H groups in total. The number of carbonyl (C=O) groups excluding carboxylic acids is 2. The first-order valence-corrected chi connectivity index (χ1v) is 9.55. The van der Waals surface area contributed by atoms with Crippen molar-refractivity contribution >= 4 is 23.2 Å². The molecule has 2 aromatic carbocycles. The zero-order chi connectivity index (χ0) is 19.7. The van der Waals surface area contributed by atoms with E-state index in [9.17, 15) is 9.59 Å². The van der Waals surface area contributed by atoms with E-state index in [1.54, 1.807) is 11.8 Å². The minimum Gasteiger partial charge on any atom is -0.312 e. The maximum atomic E-state index is 13.0. The second-order valence-corrected chi connectivity index (χ2v) is 7.61. The lowest BCUT2D eigenvalue weighted by atomic mass is 10.0. The Kier molecular flexibility index (Phi) is 5.36. The van der Waals surface area contributed by atoms with E-state index >= 15 is 0 Å². The van der Waals surface area contributed by atoms with E-state index in [1.165, 1.54) is 11.1 Å². The van der Waals surface area contributed by atoms with Gasteiger partial charge in [0.25, 0.3) is 0 Å². The molecule has 0 saturated heterocycles. The number of para-hydroxylation sites is 1. The normalized spacial score (nSPS) is 15.6. The van der Waals surface area contributed by atoms with Gasteiger partial charge in [-0.1, -0.05) is 35.9 Å². The highest BCUT2D eigenvalue weighted by Gasteiger charge is 2.30. The summed E-state index contributed by atoms with van der Waals surface area (Å²) in [7, 11) is 0. The predicted octanol–water partition coefficient (Wildman–Crippen LogP) is 4.33. The fourth-order valence-electron chi connectivity index (χ4n) is 4.30. The zero-order valence-electron chi connectivity index (χ0n) is 16.9. The molecule has 1 atom stereocenters. The molecule has 4 nitrogen and oxygen atoms in total. The van der Waals surface area contributed by atoms with E-state index in [0.717, 1.165) is 28.9 Å². The number of hydrogen-bond acceptors (Lipinski definition) is 2. The summed E-state index contributed by atoms with van der Waals surface area (Å²) in [6.07, 6.45) is 1.19. The topological polar surface area (TPSA) is 40.6 Å². The average molecular weight is 364 g/mol. The van der Waals surface area contributed by atoms with Crippen molar-refractivity contribution in [3.05, 3.63) is 58.7 Å². The highest BCUT2D eigenvalue weighted by atomic mass is 16.2. The molecule has 3 rings (SSSR count). The fraction of sp³-hybridized carbons (Fsp3) is 0.391. The van der Waals surface area contributed by atoms with Crippen molar-refractivity contribution < 1.29 is 9.59 Å². The van der Waals surface area contributed by atoms with Crippen LogP contribution >= 0.6 is 0 Å². The first-order valence-electron chi connectivity index (χ1n) is 9.55. The maximum absolute atomic E-state index is 13.0. The Morgan fingerprint density at radius 1 is 1.11 bits per heavy atom. The van der Waals surface area contributed by atoms with Gasteiger partial charge in [0.2, 0.25) is 11.8 Å². The van der Waals surface area contributed by atoms with Gasteiger partial charge < -0.3 is 9.80 Å². The summed E-state index contributed by atoms with van der Waals surface area (Å²) in [6, 6.07) is 12.4. The van der Waals surface area contributed by atoms with E-state index in [2.05, 4.69) is 32.0 Å². The molecular weight excluding hydrogens is 336 g/mol. The molecule has 27 heavy (non-hydrogen) atoms. The van der Waals surface area contributed by atoms with E-state index in [1.807, 2.05) is 36.9 Å². The van der Waals surface area contributed by atoms with Crippen LogP contribution in [0, 0.1) is 20.8 Å². The van der Waals surface area contributed by atoms with Gasteiger partial charge in [-0.25, -0.2) is 0 Å². The molecule has 0 saturated carbocycles. The van der Waals surface area contributed by atoms with E-state index < -0.39 is 0 Å². The lowest BCUT2D eigenvalue weighted by molar-refractivity contribution is -0.119. The number of rotatable bonds is 4.